The minimum atomic E-state index is -2.77. The number of nitrogens with two attached hydrogens (primary N) is 1. The van der Waals surface area contributed by atoms with Crippen LogP contribution in [0, 0.1) is 11.6 Å². The molecule has 0 spiro atoms. The third-order valence-corrected chi connectivity index (χ3v) is 2.20. The van der Waals surface area contributed by atoms with Crippen LogP contribution in [0.3, 0.4) is 0 Å². The normalized spacial score (nSPS) is 10.8. The summed E-state index contributed by atoms with van der Waals surface area (Å²) in [4.78, 5) is 12.5. The molecule has 1 amide bonds. The van der Waals surface area contributed by atoms with Gasteiger partial charge in [0.15, 0.2) is 0 Å². The van der Waals surface area contributed by atoms with Crippen molar-refractivity contribution in [3.05, 3.63) is 35.4 Å². The molecule has 0 radical (unpaired) electrons. The van der Waals surface area contributed by atoms with E-state index in [-0.39, 0.29) is 13.1 Å². The summed E-state index contributed by atoms with van der Waals surface area (Å²) in [5, 5.41) is 0. The van der Waals surface area contributed by atoms with Crippen LogP contribution in [0.5, 0.6) is 0 Å². The number of hydrogen-bond acceptors (Lipinski definition) is 2. The highest BCUT2D eigenvalue weighted by molar-refractivity contribution is 5.94. The summed E-state index contributed by atoms with van der Waals surface area (Å²) in [5.74, 6) is -2.78. The fourth-order valence-corrected chi connectivity index (χ4v) is 1.43. The standard InChI is InChI=1S/C11H12F4N2O/c12-7-1-2-9(13)8(5-7)11(18)17(4-3-16)6-10(14)15/h1-2,5,10H,3-4,6,16H2. The van der Waals surface area contributed by atoms with Crippen LogP contribution >= 0.6 is 0 Å². The van der Waals surface area contributed by atoms with Crippen molar-refractivity contribution >= 4 is 5.91 Å². The van der Waals surface area contributed by atoms with Gasteiger partial charge in [0.1, 0.15) is 11.6 Å². The molecule has 0 aliphatic rings. The molecule has 100 valence electrons. The number of benzene rings is 1. The summed E-state index contributed by atoms with van der Waals surface area (Å²) in [6, 6.07) is 2.28. The Hall–Kier alpha value is -1.63. The summed E-state index contributed by atoms with van der Waals surface area (Å²) in [6.45, 7) is -1.07. The van der Waals surface area contributed by atoms with Crippen molar-refractivity contribution < 1.29 is 22.4 Å². The molecule has 3 nitrogen and oxygen atoms in total. The highest BCUT2D eigenvalue weighted by Gasteiger charge is 2.22. The van der Waals surface area contributed by atoms with Gasteiger partial charge in [-0.3, -0.25) is 4.79 Å². The third kappa shape index (κ3) is 3.69. The zero-order valence-corrected chi connectivity index (χ0v) is 9.38. The molecule has 0 aliphatic heterocycles. The summed E-state index contributed by atoms with van der Waals surface area (Å²) < 4.78 is 50.8. The summed E-state index contributed by atoms with van der Waals surface area (Å²) >= 11 is 0. The van der Waals surface area contributed by atoms with Crippen molar-refractivity contribution in [3.8, 4) is 0 Å². The van der Waals surface area contributed by atoms with Crippen LogP contribution in [0.15, 0.2) is 18.2 Å². The molecular weight excluding hydrogens is 252 g/mol. The lowest BCUT2D eigenvalue weighted by Gasteiger charge is -2.21. The van der Waals surface area contributed by atoms with Gasteiger partial charge in [-0.15, -0.1) is 0 Å². The summed E-state index contributed by atoms with van der Waals surface area (Å²) in [5.41, 5.74) is 4.60. The second-order valence-electron chi connectivity index (χ2n) is 3.56. The Bertz CT molecular complexity index is 426. The average Bonchev–Trinajstić information content (AvgIpc) is 2.30. The van der Waals surface area contributed by atoms with Crippen LogP contribution in [-0.4, -0.2) is 36.9 Å². The largest absolute Gasteiger partial charge is 0.332 e. The monoisotopic (exact) mass is 264 g/mol. The zero-order chi connectivity index (χ0) is 13.7. The number of alkyl halides is 2. The number of nitrogens with zero attached hydrogens (tertiary/aromatic N) is 1. The molecule has 0 heterocycles. The van der Waals surface area contributed by atoms with Crippen molar-refractivity contribution in [1.29, 1.82) is 0 Å². The first-order valence-electron chi connectivity index (χ1n) is 5.18. The Morgan fingerprint density at radius 1 is 1.33 bits per heavy atom. The van der Waals surface area contributed by atoms with Gasteiger partial charge >= 0.3 is 0 Å². The predicted octanol–water partition coefficient (Wildman–Crippen LogP) is 1.63. The van der Waals surface area contributed by atoms with Gasteiger partial charge in [0.2, 0.25) is 0 Å². The second kappa shape index (κ2) is 6.34. The van der Waals surface area contributed by atoms with E-state index in [0.29, 0.717) is 11.0 Å². The molecule has 0 aromatic heterocycles. The van der Waals surface area contributed by atoms with Gasteiger partial charge < -0.3 is 10.6 Å². The number of amides is 1. The maximum Gasteiger partial charge on any atom is 0.257 e. The highest BCUT2D eigenvalue weighted by Crippen LogP contribution is 2.13. The van der Waals surface area contributed by atoms with Gasteiger partial charge in [0.05, 0.1) is 12.1 Å². The minimum Gasteiger partial charge on any atom is -0.332 e. The van der Waals surface area contributed by atoms with Gasteiger partial charge in [-0.2, -0.15) is 0 Å². The molecule has 0 saturated heterocycles. The van der Waals surface area contributed by atoms with Gasteiger partial charge in [-0.05, 0) is 18.2 Å². The lowest BCUT2D eigenvalue weighted by Crippen LogP contribution is -2.39. The van der Waals surface area contributed by atoms with Crippen LogP contribution in [-0.2, 0) is 0 Å². The maximum atomic E-state index is 13.3. The highest BCUT2D eigenvalue weighted by atomic mass is 19.3. The van der Waals surface area contributed by atoms with E-state index in [4.69, 9.17) is 5.73 Å². The topological polar surface area (TPSA) is 46.3 Å². The van der Waals surface area contributed by atoms with E-state index in [9.17, 15) is 22.4 Å². The lowest BCUT2D eigenvalue weighted by atomic mass is 10.1. The number of rotatable bonds is 5. The first-order valence-corrected chi connectivity index (χ1v) is 5.18. The van der Waals surface area contributed by atoms with Gasteiger partial charge in [-0.1, -0.05) is 0 Å². The molecule has 0 unspecified atom stereocenters. The molecule has 0 bridgehead atoms. The van der Waals surface area contributed by atoms with Gasteiger partial charge in [-0.25, -0.2) is 17.6 Å². The van der Waals surface area contributed by atoms with E-state index in [0.717, 1.165) is 12.1 Å². The van der Waals surface area contributed by atoms with Crippen molar-refractivity contribution in [2.75, 3.05) is 19.6 Å². The molecule has 0 aliphatic carbocycles. The average molecular weight is 264 g/mol. The van der Waals surface area contributed by atoms with E-state index in [1.54, 1.807) is 0 Å². The molecule has 1 aromatic rings. The van der Waals surface area contributed by atoms with Crippen molar-refractivity contribution in [1.82, 2.24) is 4.90 Å². The Morgan fingerprint density at radius 3 is 2.56 bits per heavy atom. The molecule has 1 aromatic carbocycles. The summed E-state index contributed by atoms with van der Waals surface area (Å²) in [7, 11) is 0. The number of halogens is 4. The zero-order valence-electron chi connectivity index (χ0n) is 9.38. The number of hydrogen-bond donors (Lipinski definition) is 1. The molecule has 2 N–H and O–H groups in total. The molecule has 0 atom stereocenters. The first kappa shape index (κ1) is 14.4. The van der Waals surface area contributed by atoms with Crippen molar-refractivity contribution in [3.63, 3.8) is 0 Å². The van der Waals surface area contributed by atoms with Crippen LogP contribution in [0.2, 0.25) is 0 Å². The summed E-state index contributed by atoms with van der Waals surface area (Å²) in [6.07, 6.45) is -2.77. The Kier molecular flexibility index (Phi) is 5.08. The van der Waals surface area contributed by atoms with E-state index in [1.807, 2.05) is 0 Å². The minimum absolute atomic E-state index is 0.0462. The molecule has 0 fully saturated rings. The third-order valence-electron chi connectivity index (χ3n) is 2.20. The van der Waals surface area contributed by atoms with E-state index >= 15 is 0 Å². The Labute approximate surface area is 101 Å². The maximum absolute atomic E-state index is 13.3. The molecule has 0 saturated carbocycles. The Balaban J connectivity index is 2.97. The van der Waals surface area contributed by atoms with Crippen molar-refractivity contribution in [2.45, 2.75) is 6.43 Å². The van der Waals surface area contributed by atoms with Crippen LogP contribution in [0.4, 0.5) is 17.6 Å². The fraction of sp³-hybridized carbons (Fsp3) is 0.364. The molecule has 1 rings (SSSR count). The second-order valence-corrected chi connectivity index (χ2v) is 3.56. The van der Waals surface area contributed by atoms with Crippen LogP contribution in [0.25, 0.3) is 0 Å². The Morgan fingerprint density at radius 2 is 2.00 bits per heavy atom. The van der Waals surface area contributed by atoms with Gasteiger partial charge in [0.25, 0.3) is 12.3 Å². The van der Waals surface area contributed by atoms with E-state index in [2.05, 4.69) is 0 Å². The van der Waals surface area contributed by atoms with Gasteiger partial charge in [0, 0.05) is 13.1 Å². The van der Waals surface area contributed by atoms with E-state index in [1.165, 1.54) is 0 Å². The van der Waals surface area contributed by atoms with E-state index < -0.39 is 36.1 Å². The quantitative estimate of drug-likeness (QED) is 0.822. The number of carbonyl (C=O) groups is 1. The van der Waals surface area contributed by atoms with Crippen LogP contribution in [0.1, 0.15) is 10.4 Å². The molecule has 18 heavy (non-hydrogen) atoms. The fourth-order valence-electron chi connectivity index (χ4n) is 1.43. The lowest BCUT2D eigenvalue weighted by molar-refractivity contribution is 0.0558. The smallest absolute Gasteiger partial charge is 0.257 e. The van der Waals surface area contributed by atoms with Crippen LogP contribution < -0.4 is 5.73 Å². The predicted molar refractivity (Wildman–Crippen MR) is 57.3 cm³/mol. The van der Waals surface area contributed by atoms with Crippen molar-refractivity contribution in [2.24, 2.45) is 5.73 Å². The SMILES string of the molecule is NCCN(CC(F)F)C(=O)c1cc(F)ccc1F. The molecule has 7 heteroatoms. The molecular formula is C11H12F4N2O. The first-order chi connectivity index (χ1) is 8.45. The number of carbonyl (C=O) groups excluding carboxylic acids is 1.